The molecule has 5 aromatic rings. The summed E-state index contributed by atoms with van der Waals surface area (Å²) >= 11 is 5.81. The van der Waals surface area contributed by atoms with E-state index in [1.54, 1.807) is 49.6 Å². The van der Waals surface area contributed by atoms with Gasteiger partial charge < -0.3 is 14.0 Å². The fourth-order valence-corrected chi connectivity index (χ4v) is 4.49. The summed E-state index contributed by atoms with van der Waals surface area (Å²) in [5, 5.41) is 0.328. The maximum atomic E-state index is 15.3. The first-order valence-electron chi connectivity index (χ1n) is 11.9. The summed E-state index contributed by atoms with van der Waals surface area (Å²) in [5.74, 6) is 0.608. The highest BCUT2D eigenvalue weighted by molar-refractivity contribution is 6.30. The van der Waals surface area contributed by atoms with Crippen LogP contribution in [0.25, 0.3) is 22.2 Å². The quantitative estimate of drug-likeness (QED) is 0.203. The molecule has 0 saturated heterocycles. The monoisotopic (exact) mass is 518 g/mol. The number of ether oxygens (including phenoxy) is 2. The van der Waals surface area contributed by atoms with Crippen LogP contribution in [0.5, 0.6) is 5.75 Å². The van der Waals surface area contributed by atoms with Crippen molar-refractivity contribution in [1.82, 2.24) is 9.55 Å². The molecular formula is C30H25ClF2N2O2. The molecule has 1 heterocycles. The minimum absolute atomic E-state index is 0.0396. The van der Waals surface area contributed by atoms with E-state index in [1.807, 2.05) is 36.4 Å². The van der Waals surface area contributed by atoms with Crippen molar-refractivity contribution in [2.75, 3.05) is 13.7 Å². The summed E-state index contributed by atoms with van der Waals surface area (Å²) in [7, 11) is 1.67. The van der Waals surface area contributed by atoms with Crippen molar-refractivity contribution in [3.63, 3.8) is 0 Å². The van der Waals surface area contributed by atoms with Gasteiger partial charge in [-0.1, -0.05) is 54.1 Å². The van der Waals surface area contributed by atoms with E-state index in [0.29, 0.717) is 47.0 Å². The van der Waals surface area contributed by atoms with Crippen molar-refractivity contribution >= 4 is 22.6 Å². The van der Waals surface area contributed by atoms with Crippen LogP contribution >= 0.6 is 11.6 Å². The SMILES string of the molecule is COCCn1c(Cc2ccc(-c3cccc(OCc4ccc(Cl)cc4F)c3)c(F)c2)nc2ccccc21. The third kappa shape index (κ3) is 5.66. The molecule has 0 unspecified atom stereocenters. The topological polar surface area (TPSA) is 36.3 Å². The first-order valence-corrected chi connectivity index (χ1v) is 12.3. The van der Waals surface area contributed by atoms with Gasteiger partial charge in [0.15, 0.2) is 0 Å². The Morgan fingerprint density at radius 2 is 1.76 bits per heavy atom. The van der Waals surface area contributed by atoms with Crippen LogP contribution in [0.1, 0.15) is 17.0 Å². The van der Waals surface area contributed by atoms with E-state index >= 15 is 4.39 Å². The molecule has 0 N–H and O–H groups in total. The van der Waals surface area contributed by atoms with Gasteiger partial charge in [-0.3, -0.25) is 0 Å². The van der Waals surface area contributed by atoms with E-state index in [1.165, 1.54) is 6.07 Å². The largest absolute Gasteiger partial charge is 0.489 e. The summed E-state index contributed by atoms with van der Waals surface area (Å²) in [4.78, 5) is 4.77. The van der Waals surface area contributed by atoms with Crippen molar-refractivity contribution in [2.45, 2.75) is 19.6 Å². The van der Waals surface area contributed by atoms with Gasteiger partial charge in [0.2, 0.25) is 0 Å². The Morgan fingerprint density at radius 1 is 0.892 bits per heavy atom. The Balaban J connectivity index is 1.35. The lowest BCUT2D eigenvalue weighted by Crippen LogP contribution is -2.09. The molecule has 7 heteroatoms. The number of halogens is 3. The molecule has 1 aromatic heterocycles. The molecule has 0 radical (unpaired) electrons. The average Bonchev–Trinajstić information content (AvgIpc) is 3.24. The lowest BCUT2D eigenvalue weighted by Gasteiger charge is -2.11. The Kier molecular flexibility index (Phi) is 7.49. The van der Waals surface area contributed by atoms with Gasteiger partial charge >= 0.3 is 0 Å². The van der Waals surface area contributed by atoms with Crippen molar-refractivity contribution in [3.8, 4) is 16.9 Å². The van der Waals surface area contributed by atoms with Gasteiger partial charge in [0.25, 0.3) is 0 Å². The predicted molar refractivity (Wildman–Crippen MR) is 142 cm³/mol. The minimum Gasteiger partial charge on any atom is -0.489 e. The van der Waals surface area contributed by atoms with Gasteiger partial charge in [-0.05, 0) is 53.6 Å². The zero-order valence-corrected chi connectivity index (χ0v) is 21.0. The average molecular weight is 519 g/mol. The highest BCUT2D eigenvalue weighted by Gasteiger charge is 2.13. The molecule has 188 valence electrons. The van der Waals surface area contributed by atoms with Gasteiger partial charge in [0.1, 0.15) is 29.8 Å². The maximum absolute atomic E-state index is 15.3. The molecule has 0 spiro atoms. The van der Waals surface area contributed by atoms with E-state index in [9.17, 15) is 4.39 Å². The van der Waals surface area contributed by atoms with E-state index in [-0.39, 0.29) is 12.4 Å². The molecule has 0 amide bonds. The van der Waals surface area contributed by atoms with Crippen molar-refractivity contribution in [2.24, 2.45) is 0 Å². The molecule has 0 atom stereocenters. The van der Waals surface area contributed by atoms with Gasteiger partial charge in [-0.25, -0.2) is 13.8 Å². The van der Waals surface area contributed by atoms with Crippen molar-refractivity contribution in [1.29, 1.82) is 0 Å². The second kappa shape index (κ2) is 11.1. The summed E-state index contributed by atoms with van der Waals surface area (Å²) in [5.41, 5.74) is 4.27. The van der Waals surface area contributed by atoms with Crippen LogP contribution < -0.4 is 4.74 Å². The van der Waals surface area contributed by atoms with Gasteiger partial charge in [0, 0.05) is 36.2 Å². The number of hydrogen-bond acceptors (Lipinski definition) is 3. The first kappa shape index (κ1) is 24.9. The highest BCUT2D eigenvalue weighted by Crippen LogP contribution is 2.29. The summed E-state index contributed by atoms with van der Waals surface area (Å²) < 4.78 is 42.5. The Labute approximate surface area is 219 Å². The van der Waals surface area contributed by atoms with Gasteiger partial charge in [-0.15, -0.1) is 0 Å². The number of benzene rings is 4. The lowest BCUT2D eigenvalue weighted by molar-refractivity contribution is 0.187. The fraction of sp³-hybridized carbons (Fsp3) is 0.167. The number of rotatable bonds is 9. The molecule has 4 aromatic carbocycles. The molecule has 0 aliphatic heterocycles. The second-order valence-electron chi connectivity index (χ2n) is 8.70. The molecule has 4 nitrogen and oxygen atoms in total. The molecule has 37 heavy (non-hydrogen) atoms. The standard InChI is InChI=1S/C30H25ClF2N2O2/c1-36-14-13-35-29-8-3-2-7-28(29)34-30(35)16-20-9-12-25(27(33)15-20)21-5-4-6-24(17-21)37-19-22-10-11-23(31)18-26(22)32/h2-12,15,17-18H,13-14,16,19H2,1H3. The first-order chi connectivity index (χ1) is 18.0. The third-order valence-electron chi connectivity index (χ3n) is 6.20. The number of hydrogen-bond donors (Lipinski definition) is 0. The van der Waals surface area contributed by atoms with Crippen LogP contribution in [-0.4, -0.2) is 23.3 Å². The lowest BCUT2D eigenvalue weighted by atomic mass is 10.0. The van der Waals surface area contributed by atoms with Crippen LogP contribution in [0.15, 0.2) is 84.9 Å². The Morgan fingerprint density at radius 3 is 2.57 bits per heavy atom. The minimum atomic E-state index is -0.430. The van der Waals surface area contributed by atoms with Crippen LogP contribution in [-0.2, 0) is 24.3 Å². The highest BCUT2D eigenvalue weighted by atomic mass is 35.5. The van der Waals surface area contributed by atoms with E-state index in [4.69, 9.17) is 26.1 Å². The maximum Gasteiger partial charge on any atom is 0.131 e. The predicted octanol–water partition coefficient (Wildman–Crippen LogP) is 7.45. The van der Waals surface area contributed by atoms with Crippen LogP contribution in [0.3, 0.4) is 0 Å². The van der Waals surface area contributed by atoms with Crippen LogP contribution in [0.4, 0.5) is 8.78 Å². The summed E-state index contributed by atoms with van der Waals surface area (Å²) in [6.07, 6.45) is 0.491. The number of fused-ring (bicyclic) bond motifs is 1. The summed E-state index contributed by atoms with van der Waals surface area (Å²) in [6, 6.07) is 24.7. The van der Waals surface area contributed by atoms with Crippen LogP contribution in [0, 0.1) is 11.6 Å². The Hall–Kier alpha value is -3.74. The zero-order valence-electron chi connectivity index (χ0n) is 20.3. The third-order valence-corrected chi connectivity index (χ3v) is 6.44. The molecule has 0 aliphatic rings. The number of para-hydroxylation sites is 2. The number of imidazole rings is 1. The zero-order chi connectivity index (χ0) is 25.8. The summed E-state index contributed by atoms with van der Waals surface area (Å²) in [6.45, 7) is 1.27. The van der Waals surface area contributed by atoms with Crippen LogP contribution in [0.2, 0.25) is 5.02 Å². The molecule has 0 aliphatic carbocycles. The molecule has 5 rings (SSSR count). The fourth-order valence-electron chi connectivity index (χ4n) is 4.33. The number of aromatic nitrogens is 2. The van der Waals surface area contributed by atoms with E-state index in [2.05, 4.69) is 4.57 Å². The second-order valence-corrected chi connectivity index (χ2v) is 9.14. The molecule has 0 fully saturated rings. The van der Waals surface area contributed by atoms with Gasteiger partial charge in [0.05, 0.1) is 17.6 Å². The van der Waals surface area contributed by atoms with Gasteiger partial charge in [-0.2, -0.15) is 0 Å². The van der Waals surface area contributed by atoms with Crippen molar-refractivity contribution < 1.29 is 18.3 Å². The smallest absolute Gasteiger partial charge is 0.131 e. The normalized spacial score (nSPS) is 11.2. The van der Waals surface area contributed by atoms with Crippen molar-refractivity contribution in [3.05, 3.63) is 119 Å². The molecule has 0 saturated carbocycles. The van der Waals surface area contributed by atoms with E-state index < -0.39 is 5.82 Å². The number of methoxy groups -OCH3 is 1. The number of nitrogens with zero attached hydrogens (tertiary/aromatic N) is 2. The Bertz CT molecular complexity index is 1550. The molecular weight excluding hydrogens is 494 g/mol. The molecule has 0 bridgehead atoms. The van der Waals surface area contributed by atoms with E-state index in [0.717, 1.165) is 22.4 Å².